The van der Waals surface area contributed by atoms with Crippen LogP contribution in [-0.4, -0.2) is 48.6 Å². The van der Waals surface area contributed by atoms with E-state index in [1.165, 1.54) is 0 Å². The summed E-state index contributed by atoms with van der Waals surface area (Å²) in [7, 11) is 1.84. The minimum atomic E-state index is 0.0658. The Bertz CT molecular complexity index is 944. The molecular weight excluding hydrogens is 340 g/mol. The minimum absolute atomic E-state index is 0.0658. The maximum absolute atomic E-state index is 12.8. The van der Waals surface area contributed by atoms with Crippen LogP contribution in [0.1, 0.15) is 40.5 Å². The van der Waals surface area contributed by atoms with Gasteiger partial charge in [-0.05, 0) is 37.5 Å². The van der Waals surface area contributed by atoms with Crippen LogP contribution in [0.25, 0.3) is 11.1 Å². The highest BCUT2D eigenvalue weighted by Gasteiger charge is 2.28. The Morgan fingerprint density at radius 2 is 1.89 bits per heavy atom. The number of hydrogen-bond donors (Lipinski definition) is 0. The first-order chi connectivity index (χ1) is 13.1. The first kappa shape index (κ1) is 17.3. The third-order valence-corrected chi connectivity index (χ3v) is 5.15. The second-order valence-corrected chi connectivity index (χ2v) is 6.93. The van der Waals surface area contributed by atoms with Gasteiger partial charge in [-0.2, -0.15) is 5.10 Å². The maximum atomic E-state index is 12.8. The molecule has 138 valence electrons. The van der Waals surface area contributed by atoms with Gasteiger partial charge in [-0.1, -0.05) is 0 Å². The van der Waals surface area contributed by atoms with Crippen LogP contribution in [0, 0.1) is 6.92 Å². The maximum Gasteiger partial charge on any atom is 0.257 e. The molecule has 0 aromatic carbocycles. The van der Waals surface area contributed by atoms with Crippen molar-refractivity contribution in [3.63, 3.8) is 0 Å². The zero-order valence-electron chi connectivity index (χ0n) is 15.5. The second-order valence-electron chi connectivity index (χ2n) is 6.93. The van der Waals surface area contributed by atoms with Gasteiger partial charge in [0.1, 0.15) is 6.33 Å². The van der Waals surface area contributed by atoms with Crippen LogP contribution >= 0.6 is 0 Å². The Hall–Kier alpha value is -3.09. The summed E-state index contributed by atoms with van der Waals surface area (Å²) in [5.74, 6) is 0.381. The van der Waals surface area contributed by atoms with E-state index in [9.17, 15) is 4.79 Å². The van der Waals surface area contributed by atoms with E-state index in [0.29, 0.717) is 11.5 Å². The zero-order chi connectivity index (χ0) is 18.8. The molecule has 27 heavy (non-hydrogen) atoms. The third kappa shape index (κ3) is 3.45. The molecule has 1 fully saturated rings. The molecule has 1 aliphatic heterocycles. The van der Waals surface area contributed by atoms with Crippen molar-refractivity contribution >= 4 is 5.91 Å². The molecule has 3 aromatic rings. The molecule has 0 radical (unpaired) electrons. The van der Waals surface area contributed by atoms with Crippen molar-refractivity contribution in [2.75, 3.05) is 13.1 Å². The lowest BCUT2D eigenvalue weighted by Gasteiger charge is -2.32. The van der Waals surface area contributed by atoms with Crippen LogP contribution in [0.5, 0.6) is 0 Å². The summed E-state index contributed by atoms with van der Waals surface area (Å²) in [6.07, 6.45) is 10.6. The number of amides is 1. The molecule has 0 bridgehead atoms. The van der Waals surface area contributed by atoms with Crippen LogP contribution in [0.3, 0.4) is 0 Å². The standard InChI is InChI=1S/C20H22N6O/c1-14-18(12-25(2)24-14)20(27)26-9-5-16(6-10-26)19-17(11-22-13-23-19)15-3-7-21-8-4-15/h3-4,7-8,11-13,16H,5-6,9-10H2,1-2H3. The van der Waals surface area contributed by atoms with E-state index < -0.39 is 0 Å². The second kappa shape index (κ2) is 7.26. The number of nitrogens with zero attached hydrogens (tertiary/aromatic N) is 6. The molecule has 0 unspecified atom stereocenters. The van der Waals surface area contributed by atoms with Crippen molar-refractivity contribution in [2.24, 2.45) is 7.05 Å². The lowest BCUT2D eigenvalue weighted by atomic mass is 9.89. The topological polar surface area (TPSA) is 76.8 Å². The predicted molar refractivity (Wildman–Crippen MR) is 101 cm³/mol. The molecule has 4 heterocycles. The number of pyridine rings is 1. The van der Waals surface area contributed by atoms with Crippen LogP contribution < -0.4 is 0 Å². The summed E-state index contributed by atoms with van der Waals surface area (Å²) in [6, 6.07) is 3.96. The molecule has 0 spiro atoms. The average Bonchev–Trinajstić information content (AvgIpc) is 3.06. The summed E-state index contributed by atoms with van der Waals surface area (Å²) in [5, 5.41) is 4.28. The predicted octanol–water partition coefficient (Wildman–Crippen LogP) is 2.60. The summed E-state index contributed by atoms with van der Waals surface area (Å²) in [4.78, 5) is 27.6. The number of piperidine rings is 1. The summed E-state index contributed by atoms with van der Waals surface area (Å²) >= 11 is 0. The molecule has 1 aliphatic rings. The average molecular weight is 362 g/mol. The van der Waals surface area contributed by atoms with Crippen LogP contribution in [0.4, 0.5) is 0 Å². The molecule has 0 aliphatic carbocycles. The van der Waals surface area contributed by atoms with Crippen molar-refractivity contribution in [3.05, 3.63) is 60.2 Å². The van der Waals surface area contributed by atoms with E-state index in [0.717, 1.165) is 48.4 Å². The van der Waals surface area contributed by atoms with Crippen LogP contribution in [0.15, 0.2) is 43.2 Å². The van der Waals surface area contributed by atoms with E-state index in [4.69, 9.17) is 0 Å². The van der Waals surface area contributed by atoms with Gasteiger partial charge in [0, 0.05) is 56.4 Å². The Morgan fingerprint density at radius 1 is 1.15 bits per heavy atom. The third-order valence-electron chi connectivity index (χ3n) is 5.15. The number of rotatable bonds is 3. The molecule has 0 saturated carbocycles. The number of hydrogen-bond acceptors (Lipinski definition) is 5. The quantitative estimate of drug-likeness (QED) is 0.716. The SMILES string of the molecule is Cc1nn(C)cc1C(=O)N1CCC(c2ncncc2-c2ccncc2)CC1. The minimum Gasteiger partial charge on any atom is -0.338 e. The monoisotopic (exact) mass is 362 g/mol. The van der Waals surface area contributed by atoms with E-state index in [2.05, 4.69) is 20.1 Å². The number of aryl methyl sites for hydroxylation is 2. The van der Waals surface area contributed by atoms with Gasteiger partial charge in [-0.15, -0.1) is 0 Å². The Kier molecular flexibility index (Phi) is 4.66. The summed E-state index contributed by atoms with van der Waals surface area (Å²) < 4.78 is 1.69. The lowest BCUT2D eigenvalue weighted by Crippen LogP contribution is -2.38. The zero-order valence-corrected chi connectivity index (χ0v) is 15.5. The fraction of sp³-hybridized carbons (Fsp3) is 0.350. The molecule has 7 nitrogen and oxygen atoms in total. The van der Waals surface area contributed by atoms with Crippen molar-refractivity contribution in [1.29, 1.82) is 0 Å². The fourth-order valence-electron chi connectivity index (χ4n) is 3.75. The number of carbonyl (C=O) groups is 1. The van der Waals surface area contributed by atoms with Gasteiger partial charge in [0.15, 0.2) is 0 Å². The molecule has 4 rings (SSSR count). The van der Waals surface area contributed by atoms with Gasteiger partial charge in [-0.25, -0.2) is 9.97 Å². The highest BCUT2D eigenvalue weighted by molar-refractivity contribution is 5.95. The van der Waals surface area contributed by atoms with Crippen LogP contribution in [-0.2, 0) is 7.05 Å². The molecule has 7 heteroatoms. The largest absolute Gasteiger partial charge is 0.338 e. The van der Waals surface area contributed by atoms with Gasteiger partial charge in [0.25, 0.3) is 5.91 Å². The number of carbonyl (C=O) groups excluding carboxylic acids is 1. The summed E-state index contributed by atoms with van der Waals surface area (Å²) in [5.41, 5.74) is 4.65. The van der Waals surface area contributed by atoms with Gasteiger partial charge >= 0.3 is 0 Å². The first-order valence-electron chi connectivity index (χ1n) is 9.13. The van der Waals surface area contributed by atoms with Crippen molar-refractivity contribution in [2.45, 2.75) is 25.7 Å². The molecule has 3 aromatic heterocycles. The number of aromatic nitrogens is 5. The molecule has 0 atom stereocenters. The molecule has 1 saturated heterocycles. The Morgan fingerprint density at radius 3 is 2.56 bits per heavy atom. The first-order valence-corrected chi connectivity index (χ1v) is 9.13. The highest BCUT2D eigenvalue weighted by atomic mass is 16.2. The molecular formula is C20H22N6O. The van der Waals surface area contributed by atoms with E-state index >= 15 is 0 Å². The van der Waals surface area contributed by atoms with Crippen molar-refractivity contribution < 1.29 is 4.79 Å². The normalized spacial score (nSPS) is 15.1. The van der Waals surface area contributed by atoms with Crippen molar-refractivity contribution in [1.82, 2.24) is 29.6 Å². The Labute approximate surface area is 158 Å². The van der Waals surface area contributed by atoms with Crippen molar-refractivity contribution in [3.8, 4) is 11.1 Å². The highest BCUT2D eigenvalue weighted by Crippen LogP contribution is 2.33. The summed E-state index contributed by atoms with van der Waals surface area (Å²) in [6.45, 7) is 3.32. The van der Waals surface area contributed by atoms with E-state index in [1.807, 2.05) is 37.2 Å². The fourth-order valence-corrected chi connectivity index (χ4v) is 3.75. The number of likely N-dealkylation sites (tertiary alicyclic amines) is 1. The van der Waals surface area contributed by atoms with E-state index in [1.54, 1.807) is 29.6 Å². The van der Waals surface area contributed by atoms with Gasteiger partial charge in [0.2, 0.25) is 0 Å². The lowest BCUT2D eigenvalue weighted by molar-refractivity contribution is 0.0711. The molecule has 1 amide bonds. The Balaban J connectivity index is 1.50. The van der Waals surface area contributed by atoms with Gasteiger partial charge in [-0.3, -0.25) is 14.5 Å². The van der Waals surface area contributed by atoms with E-state index in [-0.39, 0.29) is 5.91 Å². The van der Waals surface area contributed by atoms with Gasteiger partial charge in [0.05, 0.1) is 17.0 Å². The molecule has 0 N–H and O–H groups in total. The van der Waals surface area contributed by atoms with Crippen LogP contribution in [0.2, 0.25) is 0 Å². The smallest absolute Gasteiger partial charge is 0.257 e. The van der Waals surface area contributed by atoms with Gasteiger partial charge < -0.3 is 4.90 Å².